The first kappa shape index (κ1) is 21.4. The summed E-state index contributed by atoms with van der Waals surface area (Å²) >= 11 is 1.37. The third kappa shape index (κ3) is 6.61. The Kier molecular flexibility index (Phi) is 7.72. The Morgan fingerprint density at radius 3 is 2.31 bits per heavy atom. The van der Waals surface area contributed by atoms with E-state index in [2.05, 4.69) is 41.4 Å². The van der Waals surface area contributed by atoms with Crippen LogP contribution in [0.5, 0.6) is 0 Å². The van der Waals surface area contributed by atoms with Gasteiger partial charge in [-0.15, -0.1) is 11.8 Å². The topological polar surface area (TPSA) is 52.7 Å². The molecule has 1 aliphatic heterocycles. The van der Waals surface area contributed by atoms with Gasteiger partial charge in [-0.1, -0.05) is 42.0 Å². The van der Waals surface area contributed by atoms with Crippen LogP contribution in [0.15, 0.2) is 48.5 Å². The predicted octanol–water partition coefficient (Wildman–Crippen LogP) is 3.32. The molecule has 1 saturated heterocycles. The van der Waals surface area contributed by atoms with Crippen molar-refractivity contribution in [3.63, 3.8) is 0 Å². The van der Waals surface area contributed by atoms with Crippen LogP contribution in [-0.2, 0) is 16.1 Å². The molecule has 2 amide bonds. The first-order chi connectivity index (χ1) is 14.0. The quantitative estimate of drug-likeness (QED) is 0.759. The number of amides is 2. The SMILES string of the molecule is Cc1ccc(NC(=O)CSCC(=O)N2CCN(Cc3ccccc3C)CC2)cc1. The number of nitrogens with zero attached hydrogens (tertiary/aromatic N) is 2. The molecule has 3 rings (SSSR count). The van der Waals surface area contributed by atoms with Gasteiger partial charge >= 0.3 is 0 Å². The summed E-state index contributed by atoms with van der Waals surface area (Å²) in [6, 6.07) is 16.2. The highest BCUT2D eigenvalue weighted by atomic mass is 32.2. The molecule has 0 atom stereocenters. The zero-order valence-electron chi connectivity index (χ0n) is 17.2. The van der Waals surface area contributed by atoms with Crippen molar-refractivity contribution in [1.29, 1.82) is 0 Å². The summed E-state index contributed by atoms with van der Waals surface area (Å²) in [6.45, 7) is 8.36. The summed E-state index contributed by atoms with van der Waals surface area (Å²) in [5.41, 5.74) is 4.60. The van der Waals surface area contributed by atoms with Gasteiger partial charge in [0.15, 0.2) is 0 Å². The minimum atomic E-state index is -0.0743. The third-order valence-electron chi connectivity index (χ3n) is 5.17. The first-order valence-electron chi connectivity index (χ1n) is 10.00. The molecule has 0 bridgehead atoms. The van der Waals surface area contributed by atoms with E-state index in [-0.39, 0.29) is 17.6 Å². The number of anilines is 1. The van der Waals surface area contributed by atoms with Crippen molar-refractivity contribution in [2.45, 2.75) is 20.4 Å². The van der Waals surface area contributed by atoms with Gasteiger partial charge in [0, 0.05) is 38.4 Å². The molecule has 1 aliphatic rings. The van der Waals surface area contributed by atoms with Crippen molar-refractivity contribution in [1.82, 2.24) is 9.80 Å². The van der Waals surface area contributed by atoms with E-state index < -0.39 is 0 Å². The van der Waals surface area contributed by atoms with Gasteiger partial charge < -0.3 is 10.2 Å². The number of carbonyl (C=O) groups excluding carboxylic acids is 2. The van der Waals surface area contributed by atoms with Crippen LogP contribution in [0.3, 0.4) is 0 Å². The lowest BCUT2D eigenvalue weighted by Crippen LogP contribution is -2.48. The van der Waals surface area contributed by atoms with Crippen molar-refractivity contribution in [2.24, 2.45) is 0 Å². The van der Waals surface area contributed by atoms with Gasteiger partial charge in [0.2, 0.25) is 11.8 Å². The largest absolute Gasteiger partial charge is 0.339 e. The number of hydrogen-bond donors (Lipinski definition) is 1. The Morgan fingerprint density at radius 2 is 1.62 bits per heavy atom. The summed E-state index contributed by atoms with van der Waals surface area (Å²) < 4.78 is 0. The smallest absolute Gasteiger partial charge is 0.234 e. The molecule has 2 aromatic carbocycles. The van der Waals surface area contributed by atoms with Crippen LogP contribution in [0.1, 0.15) is 16.7 Å². The summed E-state index contributed by atoms with van der Waals surface area (Å²) in [5.74, 6) is 0.676. The highest BCUT2D eigenvalue weighted by Crippen LogP contribution is 2.14. The summed E-state index contributed by atoms with van der Waals surface area (Å²) in [5, 5.41) is 2.86. The zero-order chi connectivity index (χ0) is 20.6. The van der Waals surface area contributed by atoms with E-state index in [1.807, 2.05) is 36.1 Å². The summed E-state index contributed by atoms with van der Waals surface area (Å²) in [6.07, 6.45) is 0. The summed E-state index contributed by atoms with van der Waals surface area (Å²) in [7, 11) is 0. The van der Waals surface area contributed by atoms with Crippen LogP contribution >= 0.6 is 11.8 Å². The molecule has 0 radical (unpaired) electrons. The molecule has 0 unspecified atom stereocenters. The molecule has 0 spiro atoms. The van der Waals surface area contributed by atoms with E-state index >= 15 is 0 Å². The monoisotopic (exact) mass is 411 g/mol. The second-order valence-corrected chi connectivity index (χ2v) is 8.48. The number of carbonyl (C=O) groups is 2. The lowest BCUT2D eigenvalue weighted by molar-refractivity contribution is -0.130. The number of aryl methyl sites for hydroxylation is 2. The van der Waals surface area contributed by atoms with Crippen molar-refractivity contribution < 1.29 is 9.59 Å². The molecule has 5 nitrogen and oxygen atoms in total. The van der Waals surface area contributed by atoms with Crippen molar-refractivity contribution >= 4 is 29.3 Å². The lowest BCUT2D eigenvalue weighted by atomic mass is 10.1. The number of hydrogen-bond acceptors (Lipinski definition) is 4. The van der Waals surface area contributed by atoms with Crippen LogP contribution < -0.4 is 5.32 Å². The van der Waals surface area contributed by atoms with Gasteiger partial charge in [0.1, 0.15) is 0 Å². The first-order valence-corrected chi connectivity index (χ1v) is 11.2. The Hall–Kier alpha value is -2.31. The Morgan fingerprint density at radius 1 is 0.931 bits per heavy atom. The average Bonchev–Trinajstić information content (AvgIpc) is 2.72. The van der Waals surface area contributed by atoms with Crippen molar-refractivity contribution in [3.8, 4) is 0 Å². The highest BCUT2D eigenvalue weighted by molar-refractivity contribution is 8.00. The van der Waals surface area contributed by atoms with Crippen LogP contribution in [0.25, 0.3) is 0 Å². The molecule has 0 saturated carbocycles. The standard InChI is InChI=1S/C23H29N3O2S/c1-18-7-9-21(10-8-18)24-22(27)16-29-17-23(28)26-13-11-25(12-14-26)15-20-6-4-3-5-19(20)2/h3-10H,11-17H2,1-2H3,(H,24,27). The number of piperazine rings is 1. The Labute approximate surface area is 177 Å². The fraction of sp³-hybridized carbons (Fsp3) is 0.391. The van der Waals surface area contributed by atoms with Crippen molar-refractivity contribution in [3.05, 3.63) is 65.2 Å². The molecule has 29 heavy (non-hydrogen) atoms. The Bertz CT molecular complexity index is 830. The van der Waals surface area contributed by atoms with E-state index in [0.29, 0.717) is 5.75 Å². The lowest BCUT2D eigenvalue weighted by Gasteiger charge is -2.35. The molecule has 154 valence electrons. The fourth-order valence-electron chi connectivity index (χ4n) is 3.34. The number of thioether (sulfide) groups is 1. The molecule has 1 fully saturated rings. The highest BCUT2D eigenvalue weighted by Gasteiger charge is 2.21. The second kappa shape index (κ2) is 10.5. The van der Waals surface area contributed by atoms with E-state index in [1.54, 1.807) is 0 Å². The fourth-order valence-corrected chi connectivity index (χ4v) is 4.06. The molecule has 1 N–H and O–H groups in total. The average molecular weight is 412 g/mol. The molecule has 0 aliphatic carbocycles. The molecule has 6 heteroatoms. The molecular weight excluding hydrogens is 382 g/mol. The van der Waals surface area contributed by atoms with Gasteiger partial charge in [-0.05, 0) is 37.1 Å². The van der Waals surface area contributed by atoms with Crippen molar-refractivity contribution in [2.75, 3.05) is 43.0 Å². The number of nitrogens with one attached hydrogen (secondary N) is 1. The van der Waals surface area contributed by atoms with Gasteiger partial charge in [-0.25, -0.2) is 0 Å². The maximum Gasteiger partial charge on any atom is 0.234 e. The Balaban J connectivity index is 1.35. The van der Waals surface area contributed by atoms with Gasteiger partial charge in [-0.3, -0.25) is 14.5 Å². The zero-order valence-corrected chi connectivity index (χ0v) is 18.0. The second-order valence-electron chi connectivity index (χ2n) is 7.49. The molecule has 2 aromatic rings. The van der Waals surface area contributed by atoms with Gasteiger partial charge in [-0.2, -0.15) is 0 Å². The van der Waals surface area contributed by atoms with Crippen LogP contribution in [-0.4, -0.2) is 59.3 Å². The number of benzene rings is 2. The summed E-state index contributed by atoms with van der Waals surface area (Å²) in [4.78, 5) is 28.8. The van der Waals surface area contributed by atoms with E-state index in [0.717, 1.165) is 44.0 Å². The maximum absolute atomic E-state index is 12.4. The van der Waals surface area contributed by atoms with Crippen LogP contribution in [0, 0.1) is 13.8 Å². The third-order valence-corrected chi connectivity index (χ3v) is 6.09. The molecule has 1 heterocycles. The predicted molar refractivity (Wildman–Crippen MR) is 120 cm³/mol. The van der Waals surface area contributed by atoms with Crippen LogP contribution in [0.4, 0.5) is 5.69 Å². The minimum Gasteiger partial charge on any atom is -0.339 e. The van der Waals surface area contributed by atoms with Gasteiger partial charge in [0.05, 0.1) is 11.5 Å². The molecular formula is C23H29N3O2S. The van der Waals surface area contributed by atoms with E-state index in [4.69, 9.17) is 0 Å². The van der Waals surface area contributed by atoms with E-state index in [9.17, 15) is 9.59 Å². The minimum absolute atomic E-state index is 0.0743. The molecule has 0 aromatic heterocycles. The normalized spacial score (nSPS) is 14.6. The number of rotatable bonds is 7. The van der Waals surface area contributed by atoms with E-state index in [1.165, 1.54) is 22.9 Å². The van der Waals surface area contributed by atoms with Crippen LogP contribution in [0.2, 0.25) is 0 Å². The van der Waals surface area contributed by atoms with Gasteiger partial charge in [0.25, 0.3) is 0 Å². The maximum atomic E-state index is 12.4.